The van der Waals surface area contributed by atoms with E-state index in [4.69, 9.17) is 56.8 Å². The van der Waals surface area contributed by atoms with Crippen LogP contribution in [-0.4, -0.2) is 70.5 Å². The van der Waals surface area contributed by atoms with Crippen LogP contribution in [0.25, 0.3) is 0 Å². The molecule has 0 amide bonds. The molecule has 652 valence electrons. The van der Waals surface area contributed by atoms with Crippen LogP contribution in [0.4, 0.5) is 0 Å². The lowest BCUT2D eigenvalue weighted by Crippen LogP contribution is -2.10. The van der Waals surface area contributed by atoms with Gasteiger partial charge in [-0.2, -0.15) is 0 Å². The molecule has 0 aliphatic rings. The maximum atomic E-state index is 13.7. The van der Waals surface area contributed by atoms with Gasteiger partial charge >= 0.3 is 5.97 Å². The third-order valence-corrected chi connectivity index (χ3v) is 21.4. The van der Waals surface area contributed by atoms with Crippen molar-refractivity contribution in [3.8, 4) is 69.0 Å². The minimum atomic E-state index is -1.14. The molecule has 4 rings (SSSR count). The second kappa shape index (κ2) is 70.0. The first-order valence-electron chi connectivity index (χ1n) is 47.6. The summed E-state index contributed by atoms with van der Waals surface area (Å²) in [7, 11) is 0. The van der Waals surface area contributed by atoms with Crippen molar-refractivity contribution in [3.63, 3.8) is 0 Å². The Morgan fingerprint density at radius 2 is 0.342 bits per heavy atom. The average molecular weight is 1590 g/mol. The van der Waals surface area contributed by atoms with Gasteiger partial charge in [-0.15, -0.1) is 0 Å². The molecule has 0 saturated heterocycles. The number of carboxylic acid groups (broad SMARTS) is 1. The molecular formula is C100H168O14. The predicted octanol–water partition coefficient (Wildman–Crippen LogP) is 30.8. The van der Waals surface area contributed by atoms with Crippen LogP contribution in [0, 0.1) is 0 Å². The zero-order valence-electron chi connectivity index (χ0n) is 74.5. The van der Waals surface area contributed by atoms with Crippen LogP contribution in [0.3, 0.4) is 0 Å². The van der Waals surface area contributed by atoms with Gasteiger partial charge in [0.1, 0.15) is 19.8 Å². The number of ether oxygens (including phenoxy) is 12. The van der Waals surface area contributed by atoms with E-state index in [0.717, 1.165) is 171 Å². The quantitative estimate of drug-likeness (QED) is 0.0418. The Morgan fingerprint density at radius 3 is 0.526 bits per heavy atom. The molecule has 14 heteroatoms. The lowest BCUT2D eigenvalue weighted by Gasteiger charge is -2.22. The first-order chi connectivity index (χ1) is 56.2. The monoisotopic (exact) mass is 1590 g/mol. The van der Waals surface area contributed by atoms with Gasteiger partial charge in [-0.25, -0.2) is 4.79 Å². The Kier molecular flexibility index (Phi) is 61.6. The minimum absolute atomic E-state index is 0.00759. The van der Waals surface area contributed by atoms with Gasteiger partial charge in [0.05, 0.1) is 65.0 Å². The highest BCUT2D eigenvalue weighted by atomic mass is 16.6. The maximum Gasteiger partial charge on any atom is 0.335 e. The molecule has 14 nitrogen and oxygen atoms in total. The largest absolute Gasteiger partial charge is 0.490 e. The van der Waals surface area contributed by atoms with Gasteiger partial charge in [-0.3, -0.25) is 0 Å². The molecular weight excluding hydrogens is 1430 g/mol. The molecule has 0 spiro atoms. The van der Waals surface area contributed by atoms with Crippen LogP contribution in [0.1, 0.15) is 436 Å². The lowest BCUT2D eigenvalue weighted by atomic mass is 10.1. The molecule has 114 heavy (non-hydrogen) atoms. The fraction of sp³-hybridized carbons (Fsp3) is 0.750. The molecule has 1 N–H and O–H groups in total. The molecule has 0 aromatic heterocycles. The summed E-state index contributed by atoms with van der Waals surface area (Å²) in [6, 6.07) is 15.2. The summed E-state index contributed by atoms with van der Waals surface area (Å²) in [6.07, 6.45) is 61.3. The first kappa shape index (κ1) is 100. The third kappa shape index (κ3) is 46.8. The van der Waals surface area contributed by atoms with Crippen molar-refractivity contribution < 1.29 is 66.7 Å². The Bertz CT molecular complexity index is 2700. The number of carbonyl (C=O) groups is 1. The molecule has 4 aromatic carbocycles. The van der Waals surface area contributed by atoms with Crippen LogP contribution in [0.5, 0.6) is 69.0 Å². The third-order valence-electron chi connectivity index (χ3n) is 21.4. The van der Waals surface area contributed by atoms with E-state index >= 15 is 0 Å². The summed E-state index contributed by atoms with van der Waals surface area (Å²) in [4.78, 5) is 13.7. The van der Waals surface area contributed by atoms with E-state index in [9.17, 15) is 9.90 Å². The van der Waals surface area contributed by atoms with Crippen LogP contribution < -0.4 is 56.8 Å². The topological polar surface area (TPSA) is 148 Å². The maximum absolute atomic E-state index is 13.7. The van der Waals surface area contributed by atoms with Gasteiger partial charge in [0.15, 0.2) is 46.0 Å². The van der Waals surface area contributed by atoms with Crippen molar-refractivity contribution in [1.82, 2.24) is 0 Å². The van der Waals surface area contributed by atoms with Crippen LogP contribution in [0.2, 0.25) is 0 Å². The summed E-state index contributed by atoms with van der Waals surface area (Å²) in [5, 5.41) is 11.2. The zero-order valence-corrected chi connectivity index (χ0v) is 74.5. The standard InChI is InChI=1S/C100H168O14/c1-10-19-28-37-46-55-64-103-88-73-84(74-89(104-65-56-47-38-29-20-11-2)96(88)109-70-61-52-43-34-25-16-7)81-112-94-79-87(100(101)102)80-95(113-82-85-75-90(105-66-57-48-39-30-21-12-3)97(110-71-62-53-44-35-26-17-8)91(76-85)106-67-58-49-40-31-22-13-4)99(94)114-83-86-77-92(107-68-59-50-41-32-23-14-5)98(111-72-63-54-45-36-27-18-9)93(78-86)108-69-60-51-42-33-24-15-6/h73-80H,10-72,81-83H2,1-9H3,(H,101,102). The number of unbranched alkanes of at least 4 members (excludes halogenated alkanes) is 45. The molecule has 0 atom stereocenters. The van der Waals surface area contributed by atoms with Crippen molar-refractivity contribution in [2.45, 2.75) is 429 Å². The highest BCUT2D eigenvalue weighted by Crippen LogP contribution is 2.46. The van der Waals surface area contributed by atoms with Gasteiger partial charge in [-0.1, -0.05) is 351 Å². The second-order valence-electron chi connectivity index (χ2n) is 32.3. The van der Waals surface area contributed by atoms with Crippen molar-refractivity contribution in [2.24, 2.45) is 0 Å². The number of benzene rings is 4. The molecule has 0 radical (unpaired) electrons. The molecule has 0 saturated carbocycles. The Balaban J connectivity index is 1.99. The number of hydrogen-bond acceptors (Lipinski definition) is 13. The number of rotatable bonds is 82. The number of aromatic carboxylic acids is 1. The number of carboxylic acids is 1. The Hall–Kier alpha value is -6.05. The first-order valence-corrected chi connectivity index (χ1v) is 47.6. The van der Waals surface area contributed by atoms with E-state index in [-0.39, 0.29) is 42.6 Å². The normalized spacial score (nSPS) is 11.3. The Morgan fingerprint density at radius 1 is 0.193 bits per heavy atom. The van der Waals surface area contributed by atoms with Gasteiger partial charge in [-0.05, 0) is 123 Å². The highest BCUT2D eigenvalue weighted by molar-refractivity contribution is 5.89. The molecule has 0 fully saturated rings. The van der Waals surface area contributed by atoms with E-state index in [0.29, 0.717) is 111 Å². The van der Waals surface area contributed by atoms with Crippen LogP contribution in [-0.2, 0) is 19.8 Å². The van der Waals surface area contributed by atoms with Crippen molar-refractivity contribution >= 4 is 5.97 Å². The summed E-state index contributed by atoms with van der Waals surface area (Å²) < 4.78 is 82.6. The fourth-order valence-corrected chi connectivity index (χ4v) is 14.3. The lowest BCUT2D eigenvalue weighted by molar-refractivity contribution is 0.0695. The highest BCUT2D eigenvalue weighted by Gasteiger charge is 2.25. The fourth-order valence-electron chi connectivity index (χ4n) is 14.3. The van der Waals surface area contributed by atoms with Crippen molar-refractivity contribution in [1.29, 1.82) is 0 Å². The van der Waals surface area contributed by atoms with E-state index in [1.54, 1.807) is 12.1 Å². The van der Waals surface area contributed by atoms with Gasteiger partial charge < -0.3 is 61.9 Å². The number of hydrogen-bond donors (Lipinski definition) is 1. The summed E-state index contributed by atoms with van der Waals surface area (Å²) in [6.45, 7) is 25.1. The summed E-state index contributed by atoms with van der Waals surface area (Å²) in [5.74, 6) is 5.03. The molecule has 0 aliphatic carbocycles. The predicted molar refractivity (Wildman–Crippen MR) is 476 cm³/mol. The van der Waals surface area contributed by atoms with E-state index in [2.05, 4.69) is 62.3 Å². The molecule has 0 unspecified atom stereocenters. The van der Waals surface area contributed by atoms with E-state index in [1.165, 1.54) is 193 Å². The van der Waals surface area contributed by atoms with Gasteiger partial charge in [0, 0.05) is 0 Å². The summed E-state index contributed by atoms with van der Waals surface area (Å²) in [5.41, 5.74) is 2.29. The summed E-state index contributed by atoms with van der Waals surface area (Å²) >= 11 is 0. The van der Waals surface area contributed by atoms with E-state index in [1.807, 2.05) is 36.4 Å². The SMILES string of the molecule is CCCCCCCCOc1cc(COc2cc(C(=O)O)cc(OCc3cc(OCCCCCCCC)c(OCCCCCCCC)c(OCCCCCCCC)c3)c2OCc2cc(OCCCCCCCC)c(OCCCCCCCC)c(OCCCCCCCC)c2)cc(OCCCCCCCC)c1OCCCCCCCC. The van der Waals surface area contributed by atoms with Crippen LogP contribution >= 0.6 is 0 Å². The Labute approximate surface area is 697 Å². The van der Waals surface area contributed by atoms with Gasteiger partial charge in [0.25, 0.3) is 0 Å². The second-order valence-corrected chi connectivity index (χ2v) is 32.3. The molecule has 0 bridgehead atoms. The van der Waals surface area contributed by atoms with Crippen molar-refractivity contribution in [2.75, 3.05) is 59.5 Å². The average Bonchev–Trinajstić information content (AvgIpc) is 0.822. The van der Waals surface area contributed by atoms with E-state index < -0.39 is 5.97 Å². The van der Waals surface area contributed by atoms with Crippen molar-refractivity contribution in [3.05, 3.63) is 70.8 Å². The molecule has 4 aromatic rings. The van der Waals surface area contributed by atoms with Gasteiger partial charge in [0.2, 0.25) is 23.0 Å². The molecule has 0 aliphatic heterocycles. The minimum Gasteiger partial charge on any atom is -0.490 e. The smallest absolute Gasteiger partial charge is 0.335 e. The van der Waals surface area contributed by atoms with Crippen LogP contribution in [0.15, 0.2) is 48.5 Å². The molecule has 0 heterocycles. The zero-order chi connectivity index (χ0) is 81.6.